The molecule has 1 aromatic heterocycles. The van der Waals surface area contributed by atoms with Crippen molar-refractivity contribution in [3.05, 3.63) is 16.1 Å². The fraction of sp³-hybridized carbons (Fsp3) is 0.727. The molecule has 1 rings (SSSR count). The first-order chi connectivity index (χ1) is 7.11. The third-order valence-corrected chi connectivity index (χ3v) is 3.24. The van der Waals surface area contributed by atoms with E-state index in [9.17, 15) is 5.11 Å². The van der Waals surface area contributed by atoms with E-state index in [0.717, 1.165) is 23.5 Å². The van der Waals surface area contributed by atoms with Gasteiger partial charge in [-0.3, -0.25) is 0 Å². The molecule has 0 radical (unpaired) electrons. The van der Waals surface area contributed by atoms with Crippen LogP contribution in [0.15, 0.2) is 5.38 Å². The van der Waals surface area contributed by atoms with Crippen LogP contribution in [0.5, 0.6) is 0 Å². The van der Waals surface area contributed by atoms with Crippen molar-refractivity contribution in [1.29, 1.82) is 0 Å². The first-order valence-corrected chi connectivity index (χ1v) is 6.11. The number of ether oxygens (including phenoxy) is 1. The quantitative estimate of drug-likeness (QED) is 0.813. The number of thiazole rings is 1. The van der Waals surface area contributed by atoms with Gasteiger partial charge in [0.2, 0.25) is 0 Å². The van der Waals surface area contributed by atoms with Crippen LogP contribution in [0.1, 0.15) is 30.5 Å². The normalized spacial score (nSPS) is 15.2. The van der Waals surface area contributed by atoms with Gasteiger partial charge < -0.3 is 9.84 Å². The number of hydrogen-bond acceptors (Lipinski definition) is 4. The number of hydrogen-bond donors (Lipinski definition) is 1. The second-order valence-electron chi connectivity index (χ2n) is 3.84. The Morgan fingerprint density at radius 2 is 2.27 bits per heavy atom. The molecule has 1 heterocycles. The van der Waals surface area contributed by atoms with E-state index in [4.69, 9.17) is 4.74 Å². The van der Waals surface area contributed by atoms with Crippen molar-refractivity contribution in [2.24, 2.45) is 0 Å². The summed E-state index contributed by atoms with van der Waals surface area (Å²) in [5, 5.41) is 12.8. The maximum absolute atomic E-state index is 9.77. The second kappa shape index (κ2) is 6.20. The van der Waals surface area contributed by atoms with Crippen molar-refractivity contribution in [2.45, 2.75) is 45.3 Å². The summed E-state index contributed by atoms with van der Waals surface area (Å²) in [6, 6.07) is 0. The Balaban J connectivity index is 2.27. The van der Waals surface area contributed by atoms with E-state index >= 15 is 0 Å². The van der Waals surface area contributed by atoms with Crippen molar-refractivity contribution in [3.63, 3.8) is 0 Å². The molecule has 1 N–H and O–H groups in total. The van der Waals surface area contributed by atoms with Crippen molar-refractivity contribution < 1.29 is 9.84 Å². The van der Waals surface area contributed by atoms with Crippen molar-refractivity contribution in [3.8, 4) is 0 Å². The molecule has 1 aromatic rings. The predicted octanol–water partition coefficient (Wildman–Crippen LogP) is 2.17. The molecule has 0 aliphatic rings. The van der Waals surface area contributed by atoms with Crippen LogP contribution in [0.25, 0.3) is 0 Å². The van der Waals surface area contributed by atoms with E-state index in [0.29, 0.717) is 6.42 Å². The van der Waals surface area contributed by atoms with Gasteiger partial charge in [0.25, 0.3) is 0 Å². The SMILES string of the molecule is COC(C)CCC(O)Cc1csc(C)n1. The number of rotatable bonds is 6. The van der Waals surface area contributed by atoms with E-state index < -0.39 is 0 Å². The molecular weight excluding hydrogens is 210 g/mol. The summed E-state index contributed by atoms with van der Waals surface area (Å²) in [5.41, 5.74) is 0.995. The number of aliphatic hydroxyl groups is 1. The fourth-order valence-electron chi connectivity index (χ4n) is 1.39. The van der Waals surface area contributed by atoms with Crippen LogP contribution in [0, 0.1) is 6.92 Å². The minimum absolute atomic E-state index is 0.219. The van der Waals surface area contributed by atoms with E-state index in [1.165, 1.54) is 0 Å². The molecule has 0 aliphatic heterocycles. The molecule has 2 unspecified atom stereocenters. The van der Waals surface area contributed by atoms with Crippen molar-refractivity contribution in [1.82, 2.24) is 4.98 Å². The summed E-state index contributed by atoms with van der Waals surface area (Å²) in [5.74, 6) is 0. The highest BCUT2D eigenvalue weighted by Crippen LogP contribution is 2.13. The molecule has 3 nitrogen and oxygen atoms in total. The highest BCUT2D eigenvalue weighted by Gasteiger charge is 2.10. The van der Waals surface area contributed by atoms with Gasteiger partial charge in [-0.05, 0) is 26.7 Å². The Labute approximate surface area is 95.1 Å². The number of nitrogens with zero attached hydrogens (tertiary/aromatic N) is 1. The largest absolute Gasteiger partial charge is 0.393 e. The predicted molar refractivity (Wildman–Crippen MR) is 62.3 cm³/mol. The van der Waals surface area contributed by atoms with E-state index in [1.54, 1.807) is 18.4 Å². The van der Waals surface area contributed by atoms with Gasteiger partial charge in [-0.15, -0.1) is 11.3 Å². The minimum atomic E-state index is -0.302. The van der Waals surface area contributed by atoms with Gasteiger partial charge >= 0.3 is 0 Å². The Morgan fingerprint density at radius 3 is 2.80 bits per heavy atom. The molecule has 0 saturated carbocycles. The number of methoxy groups -OCH3 is 1. The Hall–Kier alpha value is -0.450. The molecule has 86 valence electrons. The summed E-state index contributed by atoms with van der Waals surface area (Å²) in [6.45, 7) is 3.99. The van der Waals surface area contributed by atoms with Crippen LogP contribution in [0.4, 0.5) is 0 Å². The minimum Gasteiger partial charge on any atom is -0.393 e. The zero-order valence-electron chi connectivity index (χ0n) is 9.56. The molecule has 0 bridgehead atoms. The van der Waals surface area contributed by atoms with Crippen molar-refractivity contribution in [2.75, 3.05) is 7.11 Å². The Bertz CT molecular complexity index is 288. The van der Waals surface area contributed by atoms with Crippen LogP contribution < -0.4 is 0 Å². The summed E-state index contributed by atoms with van der Waals surface area (Å²) in [6.07, 6.45) is 2.23. The van der Waals surface area contributed by atoms with Gasteiger partial charge in [0.05, 0.1) is 22.9 Å². The van der Waals surface area contributed by atoms with E-state index in [2.05, 4.69) is 4.98 Å². The summed E-state index contributed by atoms with van der Waals surface area (Å²) < 4.78 is 5.13. The van der Waals surface area contributed by atoms with E-state index in [1.807, 2.05) is 19.2 Å². The highest BCUT2D eigenvalue weighted by atomic mass is 32.1. The fourth-order valence-corrected chi connectivity index (χ4v) is 2.02. The van der Waals surface area contributed by atoms with Crippen LogP contribution >= 0.6 is 11.3 Å². The number of aliphatic hydroxyl groups excluding tert-OH is 1. The van der Waals surface area contributed by atoms with Gasteiger partial charge in [-0.2, -0.15) is 0 Å². The lowest BCUT2D eigenvalue weighted by atomic mass is 10.1. The molecule has 15 heavy (non-hydrogen) atoms. The third-order valence-electron chi connectivity index (χ3n) is 2.42. The molecule has 0 amide bonds. The zero-order chi connectivity index (χ0) is 11.3. The summed E-state index contributed by atoms with van der Waals surface area (Å²) >= 11 is 1.63. The lowest BCUT2D eigenvalue weighted by Crippen LogP contribution is -2.15. The number of aryl methyl sites for hydroxylation is 1. The van der Waals surface area contributed by atoms with E-state index in [-0.39, 0.29) is 12.2 Å². The molecule has 0 aliphatic carbocycles. The Morgan fingerprint density at radius 1 is 1.53 bits per heavy atom. The molecule has 0 spiro atoms. The second-order valence-corrected chi connectivity index (χ2v) is 4.90. The first kappa shape index (κ1) is 12.6. The Kier molecular flexibility index (Phi) is 5.22. The van der Waals surface area contributed by atoms with Gasteiger partial charge in [-0.1, -0.05) is 0 Å². The maximum Gasteiger partial charge on any atom is 0.0897 e. The molecule has 2 atom stereocenters. The third kappa shape index (κ3) is 4.73. The molecule has 0 fully saturated rings. The molecule has 4 heteroatoms. The smallest absolute Gasteiger partial charge is 0.0897 e. The highest BCUT2D eigenvalue weighted by molar-refractivity contribution is 7.09. The van der Waals surface area contributed by atoms with Crippen LogP contribution in [0.3, 0.4) is 0 Å². The summed E-state index contributed by atoms with van der Waals surface area (Å²) in [7, 11) is 1.70. The maximum atomic E-state index is 9.77. The lowest BCUT2D eigenvalue weighted by Gasteiger charge is -2.12. The van der Waals surface area contributed by atoms with Gasteiger partial charge in [-0.25, -0.2) is 4.98 Å². The van der Waals surface area contributed by atoms with Crippen molar-refractivity contribution >= 4 is 11.3 Å². The zero-order valence-corrected chi connectivity index (χ0v) is 10.4. The van der Waals surface area contributed by atoms with Gasteiger partial charge in [0.1, 0.15) is 0 Å². The average molecular weight is 229 g/mol. The molecule has 0 aromatic carbocycles. The van der Waals surface area contributed by atoms with Gasteiger partial charge in [0, 0.05) is 18.9 Å². The van der Waals surface area contributed by atoms with Crippen LogP contribution in [-0.4, -0.2) is 29.4 Å². The van der Waals surface area contributed by atoms with Crippen LogP contribution in [0.2, 0.25) is 0 Å². The molecular formula is C11H19NO2S. The first-order valence-electron chi connectivity index (χ1n) is 5.23. The number of aromatic nitrogens is 1. The monoisotopic (exact) mass is 229 g/mol. The standard InChI is InChI=1S/C11H19NO2S/c1-8(14-3)4-5-11(13)6-10-7-15-9(2)12-10/h7-8,11,13H,4-6H2,1-3H3. The van der Waals surface area contributed by atoms with Crippen LogP contribution in [-0.2, 0) is 11.2 Å². The topological polar surface area (TPSA) is 42.4 Å². The molecule has 0 saturated heterocycles. The average Bonchev–Trinajstić information content (AvgIpc) is 2.60. The summed E-state index contributed by atoms with van der Waals surface area (Å²) in [4.78, 5) is 4.33. The van der Waals surface area contributed by atoms with Gasteiger partial charge in [0.15, 0.2) is 0 Å². The lowest BCUT2D eigenvalue weighted by molar-refractivity contribution is 0.0849.